The van der Waals surface area contributed by atoms with Crippen molar-refractivity contribution in [2.75, 3.05) is 7.05 Å². The summed E-state index contributed by atoms with van der Waals surface area (Å²) >= 11 is 0. The fraction of sp³-hybridized carbons (Fsp3) is 0.483. The molecule has 3 aliphatic rings. The number of aromatic carboxylic acids is 1. The minimum atomic E-state index is -1.06. The fourth-order valence-corrected chi connectivity index (χ4v) is 6.17. The Kier molecular flexibility index (Phi) is 5.47. The van der Waals surface area contributed by atoms with Crippen LogP contribution in [-0.4, -0.2) is 40.8 Å². The third-order valence-electron chi connectivity index (χ3n) is 7.98. The molecule has 3 heterocycles. The number of ketones is 1. The first-order valence-electron chi connectivity index (χ1n) is 12.5. The predicted octanol–water partition coefficient (Wildman–Crippen LogP) is 5.65. The van der Waals surface area contributed by atoms with Crippen molar-refractivity contribution in [1.29, 1.82) is 0 Å². The van der Waals surface area contributed by atoms with E-state index in [2.05, 4.69) is 13.8 Å². The molecular weight excluding hydrogens is 458 g/mol. The second-order valence-electron chi connectivity index (χ2n) is 11.6. The van der Waals surface area contributed by atoms with Crippen LogP contribution in [-0.2, 0) is 14.3 Å². The van der Waals surface area contributed by atoms with Gasteiger partial charge in [-0.05, 0) is 42.9 Å². The van der Waals surface area contributed by atoms with Crippen LogP contribution in [0.1, 0.15) is 80.1 Å². The highest BCUT2D eigenvalue weighted by Gasteiger charge is 2.49. The number of likely N-dealkylation sites (N-methyl/N-ethyl adjacent to an activating group) is 1. The van der Waals surface area contributed by atoms with E-state index in [1.54, 1.807) is 24.9 Å². The van der Waals surface area contributed by atoms with Crippen LogP contribution in [0.4, 0.5) is 0 Å². The number of carboxylic acids is 1. The average Bonchev–Trinajstić information content (AvgIpc) is 3.16. The van der Waals surface area contributed by atoms with Gasteiger partial charge in [0.05, 0.1) is 17.1 Å². The molecule has 2 aliphatic heterocycles. The highest BCUT2D eigenvalue weighted by molar-refractivity contribution is 6.07. The summed E-state index contributed by atoms with van der Waals surface area (Å²) in [6.45, 7) is 11.8. The second-order valence-corrected chi connectivity index (χ2v) is 11.6. The monoisotopic (exact) mass is 491 g/mol. The molecule has 5 rings (SSSR count). The Hall–Kier alpha value is -3.35. The normalized spacial score (nSPS) is 23.8. The van der Waals surface area contributed by atoms with E-state index in [1.807, 2.05) is 26.8 Å². The Morgan fingerprint density at radius 3 is 2.44 bits per heavy atom. The Morgan fingerprint density at radius 1 is 1.11 bits per heavy atom. The third-order valence-corrected chi connectivity index (χ3v) is 7.98. The van der Waals surface area contributed by atoms with Crippen molar-refractivity contribution in [3.8, 4) is 0 Å². The number of ether oxygens (including phenoxy) is 1. The molecule has 0 saturated heterocycles. The zero-order valence-corrected chi connectivity index (χ0v) is 21.9. The molecule has 1 aliphatic carbocycles. The molecule has 0 saturated carbocycles. The van der Waals surface area contributed by atoms with E-state index in [-0.39, 0.29) is 34.6 Å². The topological polar surface area (TPSA) is 97.0 Å². The van der Waals surface area contributed by atoms with E-state index in [9.17, 15) is 19.5 Å². The van der Waals surface area contributed by atoms with Gasteiger partial charge in [-0.3, -0.25) is 9.59 Å². The summed E-state index contributed by atoms with van der Waals surface area (Å²) in [7, 11) is 1.79. The van der Waals surface area contributed by atoms with Crippen LogP contribution in [0.15, 0.2) is 39.2 Å². The molecule has 7 nitrogen and oxygen atoms in total. The van der Waals surface area contributed by atoms with Crippen LogP contribution in [0.3, 0.4) is 0 Å². The number of hydrogen-bond donors (Lipinski definition) is 1. The maximum atomic E-state index is 13.9. The molecule has 190 valence electrons. The first kappa shape index (κ1) is 24.3. The summed E-state index contributed by atoms with van der Waals surface area (Å²) in [4.78, 5) is 41.5. The van der Waals surface area contributed by atoms with Gasteiger partial charge >= 0.3 is 5.97 Å². The lowest BCUT2D eigenvalue weighted by atomic mass is 9.68. The van der Waals surface area contributed by atoms with Crippen LogP contribution in [0.25, 0.3) is 11.0 Å². The van der Waals surface area contributed by atoms with E-state index in [1.165, 1.54) is 0 Å². The lowest BCUT2D eigenvalue weighted by Gasteiger charge is -2.44. The number of carbonyl (C=O) groups is 3. The van der Waals surface area contributed by atoms with Crippen LogP contribution >= 0.6 is 0 Å². The molecule has 0 spiro atoms. The SMILES string of the molecule is Cc1cc2c(C)c(C(=O)O)cc([C@H]3C4=C(CC(C)(C)CC4=O)OC4=C3C(=O)N(C)[C@H](C(C)C)C4)c2o1. The standard InChI is InChI=1S/C29H33NO6/c1-13(2)19-10-21-25(27(32)30(19)7)23(24-20(31)11-29(5,6)12-22(24)36-21)18-9-17(28(33)34)15(4)16-8-14(3)35-26(16)18/h8-9,13,19,23H,10-12H2,1-7H3,(H,33,34)/t19-,23-/m0/s1. The number of carbonyl (C=O) groups excluding carboxylic acids is 2. The highest BCUT2D eigenvalue weighted by atomic mass is 16.5. The Bertz CT molecular complexity index is 1400. The van der Waals surface area contributed by atoms with Crippen molar-refractivity contribution in [3.05, 3.63) is 57.2 Å². The molecule has 1 aromatic heterocycles. The average molecular weight is 492 g/mol. The van der Waals surface area contributed by atoms with Gasteiger partial charge in [-0.2, -0.15) is 0 Å². The lowest BCUT2D eigenvalue weighted by Crippen LogP contribution is -2.48. The van der Waals surface area contributed by atoms with Crippen molar-refractivity contribution < 1.29 is 28.6 Å². The summed E-state index contributed by atoms with van der Waals surface area (Å²) in [6, 6.07) is 3.37. The quantitative estimate of drug-likeness (QED) is 0.596. The summed E-state index contributed by atoms with van der Waals surface area (Å²) in [6.07, 6.45) is 1.43. The maximum absolute atomic E-state index is 13.9. The molecule has 0 fully saturated rings. The second kappa shape index (κ2) is 8.08. The van der Waals surface area contributed by atoms with Crippen LogP contribution in [0.5, 0.6) is 0 Å². The summed E-state index contributed by atoms with van der Waals surface area (Å²) < 4.78 is 12.5. The Balaban J connectivity index is 1.84. The summed E-state index contributed by atoms with van der Waals surface area (Å²) in [5.74, 6) is -0.0577. The van der Waals surface area contributed by atoms with Crippen molar-refractivity contribution in [3.63, 3.8) is 0 Å². The van der Waals surface area contributed by atoms with Gasteiger partial charge < -0.3 is 19.2 Å². The largest absolute Gasteiger partial charge is 0.478 e. The fourth-order valence-electron chi connectivity index (χ4n) is 6.17. The molecule has 36 heavy (non-hydrogen) atoms. The molecule has 7 heteroatoms. The van der Waals surface area contributed by atoms with Gasteiger partial charge in [-0.25, -0.2) is 4.79 Å². The van der Waals surface area contributed by atoms with E-state index in [0.29, 0.717) is 69.8 Å². The van der Waals surface area contributed by atoms with Gasteiger partial charge in [-0.1, -0.05) is 27.7 Å². The number of hydrogen-bond acceptors (Lipinski definition) is 5. The number of fused-ring (bicyclic) bond motifs is 1. The molecular formula is C29H33NO6. The first-order chi connectivity index (χ1) is 16.8. The van der Waals surface area contributed by atoms with Gasteiger partial charge in [0.2, 0.25) is 0 Å². The lowest BCUT2D eigenvalue weighted by molar-refractivity contribution is -0.131. The molecule has 1 N–H and O–H groups in total. The van der Waals surface area contributed by atoms with Crippen LogP contribution in [0, 0.1) is 25.2 Å². The third kappa shape index (κ3) is 3.59. The van der Waals surface area contributed by atoms with Gasteiger partial charge in [0.1, 0.15) is 22.9 Å². The molecule has 0 bridgehead atoms. The number of carboxylic acid groups (broad SMARTS) is 1. The number of benzene rings is 1. The number of aryl methyl sites for hydroxylation is 2. The van der Waals surface area contributed by atoms with Gasteiger partial charge in [0.15, 0.2) is 5.78 Å². The van der Waals surface area contributed by atoms with Crippen molar-refractivity contribution in [1.82, 2.24) is 4.90 Å². The van der Waals surface area contributed by atoms with Gasteiger partial charge in [0, 0.05) is 48.9 Å². The van der Waals surface area contributed by atoms with E-state index in [0.717, 1.165) is 0 Å². The zero-order chi connectivity index (χ0) is 26.3. The minimum Gasteiger partial charge on any atom is -0.478 e. The van der Waals surface area contributed by atoms with Crippen molar-refractivity contribution in [2.24, 2.45) is 11.3 Å². The van der Waals surface area contributed by atoms with Crippen molar-refractivity contribution in [2.45, 2.75) is 72.8 Å². The molecule has 2 aromatic rings. The number of amides is 1. The minimum absolute atomic E-state index is 0.0372. The molecule has 1 aromatic carbocycles. The number of Topliss-reactive ketones (excluding diaryl/α,β-unsaturated/α-hetero) is 1. The zero-order valence-electron chi connectivity index (χ0n) is 21.9. The summed E-state index contributed by atoms with van der Waals surface area (Å²) in [5, 5.41) is 10.7. The first-order valence-corrected chi connectivity index (χ1v) is 12.5. The predicted molar refractivity (Wildman–Crippen MR) is 135 cm³/mol. The summed E-state index contributed by atoms with van der Waals surface area (Å²) in [5.41, 5.74) is 2.36. The number of nitrogens with zero attached hydrogens (tertiary/aromatic N) is 1. The Labute approximate surface area is 210 Å². The Morgan fingerprint density at radius 2 is 1.81 bits per heavy atom. The highest BCUT2D eigenvalue weighted by Crippen LogP contribution is 2.52. The van der Waals surface area contributed by atoms with Gasteiger partial charge in [-0.15, -0.1) is 0 Å². The molecule has 0 radical (unpaired) electrons. The number of rotatable bonds is 3. The van der Waals surface area contributed by atoms with Gasteiger partial charge in [0.25, 0.3) is 5.91 Å². The van der Waals surface area contributed by atoms with E-state index < -0.39 is 11.9 Å². The number of furan rings is 1. The molecule has 1 amide bonds. The van der Waals surface area contributed by atoms with E-state index in [4.69, 9.17) is 9.15 Å². The van der Waals surface area contributed by atoms with E-state index >= 15 is 0 Å². The maximum Gasteiger partial charge on any atom is 0.335 e. The molecule has 2 atom stereocenters. The van der Waals surface area contributed by atoms with Crippen LogP contribution in [0.2, 0.25) is 0 Å². The number of allylic oxidation sites excluding steroid dienone is 2. The molecule has 0 unspecified atom stereocenters. The smallest absolute Gasteiger partial charge is 0.335 e. The van der Waals surface area contributed by atoms with Crippen molar-refractivity contribution >= 4 is 28.6 Å². The van der Waals surface area contributed by atoms with Crippen LogP contribution < -0.4 is 0 Å².